The summed E-state index contributed by atoms with van der Waals surface area (Å²) in [5.74, 6) is 1.99. The van der Waals surface area contributed by atoms with E-state index < -0.39 is 0 Å². The second-order valence-electron chi connectivity index (χ2n) is 4.31. The van der Waals surface area contributed by atoms with E-state index in [0.29, 0.717) is 0 Å². The Hall–Kier alpha value is -1.07. The van der Waals surface area contributed by atoms with Gasteiger partial charge < -0.3 is 14.3 Å². The van der Waals surface area contributed by atoms with Crippen LogP contribution in [-0.4, -0.2) is 16.1 Å². The van der Waals surface area contributed by atoms with Crippen molar-refractivity contribution in [2.45, 2.75) is 25.8 Å². The van der Waals surface area contributed by atoms with Crippen LogP contribution in [0.15, 0.2) is 33.6 Å². The number of furan rings is 1. The minimum atomic E-state index is 0.164. The normalized spacial score (nSPS) is 12.8. The summed E-state index contributed by atoms with van der Waals surface area (Å²) in [6.07, 6.45) is 5.71. The van der Waals surface area contributed by atoms with Crippen LogP contribution in [-0.2, 0) is 13.5 Å². The predicted octanol–water partition coefficient (Wildman–Crippen LogP) is 3.06. The molecular formula is C13H18BrN3O. The molecule has 0 aliphatic carbocycles. The third kappa shape index (κ3) is 3.23. The molecule has 0 fully saturated rings. The fourth-order valence-corrected chi connectivity index (χ4v) is 2.20. The summed E-state index contributed by atoms with van der Waals surface area (Å²) in [5.41, 5.74) is 0. The first-order valence-corrected chi connectivity index (χ1v) is 6.94. The SMILES string of the molecule is CCCNC(Cc1nccn1C)c1ccc(Br)o1. The molecule has 0 bridgehead atoms. The number of hydrogen-bond acceptors (Lipinski definition) is 3. The van der Waals surface area contributed by atoms with Crippen LogP contribution in [0.1, 0.15) is 31.0 Å². The largest absolute Gasteiger partial charge is 0.453 e. The maximum absolute atomic E-state index is 5.65. The van der Waals surface area contributed by atoms with Gasteiger partial charge in [0.05, 0.1) is 6.04 Å². The van der Waals surface area contributed by atoms with Crippen LogP contribution in [0.4, 0.5) is 0 Å². The van der Waals surface area contributed by atoms with Crippen molar-refractivity contribution < 1.29 is 4.42 Å². The zero-order valence-corrected chi connectivity index (χ0v) is 12.3. The van der Waals surface area contributed by atoms with Gasteiger partial charge in [-0.05, 0) is 41.0 Å². The highest BCUT2D eigenvalue weighted by atomic mass is 79.9. The van der Waals surface area contributed by atoms with Crippen molar-refractivity contribution in [2.75, 3.05) is 6.54 Å². The lowest BCUT2D eigenvalue weighted by Crippen LogP contribution is -2.24. The first kappa shape index (κ1) is 13.4. The lowest BCUT2D eigenvalue weighted by Gasteiger charge is -2.16. The molecule has 98 valence electrons. The molecule has 2 aromatic rings. The summed E-state index contributed by atoms with van der Waals surface area (Å²) in [7, 11) is 2.01. The minimum Gasteiger partial charge on any atom is -0.453 e. The summed E-state index contributed by atoms with van der Waals surface area (Å²) < 4.78 is 8.45. The van der Waals surface area contributed by atoms with Crippen LogP contribution >= 0.6 is 15.9 Å². The molecule has 1 N–H and O–H groups in total. The van der Waals surface area contributed by atoms with Gasteiger partial charge in [0.15, 0.2) is 4.67 Å². The molecule has 0 amide bonds. The molecule has 0 radical (unpaired) electrons. The van der Waals surface area contributed by atoms with Gasteiger partial charge in [0.25, 0.3) is 0 Å². The molecule has 1 unspecified atom stereocenters. The van der Waals surface area contributed by atoms with Gasteiger partial charge in [-0.1, -0.05) is 6.92 Å². The van der Waals surface area contributed by atoms with Crippen LogP contribution in [0, 0.1) is 0 Å². The number of nitrogens with zero attached hydrogens (tertiary/aromatic N) is 2. The van der Waals surface area contributed by atoms with Gasteiger partial charge in [0, 0.05) is 25.9 Å². The number of nitrogens with one attached hydrogen (secondary N) is 1. The average molecular weight is 312 g/mol. The predicted molar refractivity (Wildman–Crippen MR) is 74.4 cm³/mol. The van der Waals surface area contributed by atoms with E-state index in [1.807, 2.05) is 36.1 Å². The summed E-state index contributed by atoms with van der Waals surface area (Å²) in [6, 6.07) is 4.09. The van der Waals surface area contributed by atoms with Crippen molar-refractivity contribution in [2.24, 2.45) is 7.05 Å². The Morgan fingerprint density at radius 2 is 2.33 bits per heavy atom. The van der Waals surface area contributed by atoms with Gasteiger partial charge in [0.2, 0.25) is 0 Å². The van der Waals surface area contributed by atoms with Gasteiger partial charge >= 0.3 is 0 Å². The topological polar surface area (TPSA) is 43.0 Å². The highest BCUT2D eigenvalue weighted by Crippen LogP contribution is 2.23. The van der Waals surface area contributed by atoms with Crippen molar-refractivity contribution in [3.63, 3.8) is 0 Å². The number of hydrogen-bond donors (Lipinski definition) is 1. The molecular weight excluding hydrogens is 294 g/mol. The van der Waals surface area contributed by atoms with E-state index in [0.717, 1.165) is 35.6 Å². The molecule has 0 aromatic carbocycles. The molecule has 0 saturated carbocycles. The van der Waals surface area contributed by atoms with Crippen molar-refractivity contribution >= 4 is 15.9 Å². The number of imidazole rings is 1. The maximum Gasteiger partial charge on any atom is 0.169 e. The molecule has 0 saturated heterocycles. The summed E-state index contributed by atoms with van der Waals surface area (Å²) >= 11 is 3.35. The monoisotopic (exact) mass is 311 g/mol. The molecule has 0 spiro atoms. The van der Waals surface area contributed by atoms with Gasteiger partial charge in [-0.25, -0.2) is 4.98 Å². The Bertz CT molecular complexity index is 492. The number of aromatic nitrogens is 2. The Morgan fingerprint density at radius 1 is 1.50 bits per heavy atom. The average Bonchev–Trinajstić information content (AvgIpc) is 2.94. The molecule has 18 heavy (non-hydrogen) atoms. The highest BCUT2D eigenvalue weighted by Gasteiger charge is 2.17. The van der Waals surface area contributed by atoms with Crippen LogP contribution in [0.25, 0.3) is 0 Å². The van der Waals surface area contributed by atoms with Crippen LogP contribution in [0.3, 0.4) is 0 Å². The van der Waals surface area contributed by atoms with E-state index in [4.69, 9.17) is 4.42 Å². The van der Waals surface area contributed by atoms with Crippen molar-refractivity contribution in [1.29, 1.82) is 0 Å². The van der Waals surface area contributed by atoms with Gasteiger partial charge in [-0.15, -0.1) is 0 Å². The number of aryl methyl sites for hydroxylation is 1. The van der Waals surface area contributed by atoms with Crippen molar-refractivity contribution in [3.05, 3.63) is 40.8 Å². The first-order valence-electron chi connectivity index (χ1n) is 6.15. The Labute approximate surface area is 116 Å². The molecule has 5 heteroatoms. The fraction of sp³-hybridized carbons (Fsp3) is 0.462. The van der Waals surface area contributed by atoms with E-state index >= 15 is 0 Å². The summed E-state index contributed by atoms with van der Waals surface area (Å²) in [5, 5.41) is 3.50. The second-order valence-corrected chi connectivity index (χ2v) is 5.09. The summed E-state index contributed by atoms with van der Waals surface area (Å²) in [4.78, 5) is 4.37. The number of rotatable bonds is 6. The molecule has 1 atom stereocenters. The van der Waals surface area contributed by atoms with E-state index in [2.05, 4.69) is 33.2 Å². The smallest absolute Gasteiger partial charge is 0.169 e. The fourth-order valence-electron chi connectivity index (χ4n) is 1.88. The maximum atomic E-state index is 5.65. The molecule has 0 aliphatic heterocycles. The van der Waals surface area contributed by atoms with E-state index in [9.17, 15) is 0 Å². The minimum absolute atomic E-state index is 0.164. The van der Waals surface area contributed by atoms with Crippen molar-refractivity contribution in [3.8, 4) is 0 Å². The Morgan fingerprint density at radius 3 is 2.89 bits per heavy atom. The van der Waals surface area contributed by atoms with Gasteiger partial charge in [0.1, 0.15) is 11.6 Å². The van der Waals surface area contributed by atoms with E-state index in [1.165, 1.54) is 0 Å². The highest BCUT2D eigenvalue weighted by molar-refractivity contribution is 9.10. The zero-order chi connectivity index (χ0) is 13.0. The summed E-state index contributed by atoms with van der Waals surface area (Å²) in [6.45, 7) is 3.12. The molecule has 2 aromatic heterocycles. The van der Waals surface area contributed by atoms with Crippen LogP contribution in [0.2, 0.25) is 0 Å². The quantitative estimate of drug-likeness (QED) is 0.891. The second kappa shape index (κ2) is 6.20. The molecule has 0 aliphatic rings. The Kier molecular flexibility index (Phi) is 4.60. The standard InChI is InChI=1S/C13H18BrN3O/c1-3-6-15-10(11-4-5-12(14)18-11)9-13-16-7-8-17(13)2/h4-5,7-8,10,15H,3,6,9H2,1-2H3. The zero-order valence-electron chi connectivity index (χ0n) is 10.7. The first-order chi connectivity index (χ1) is 8.70. The van der Waals surface area contributed by atoms with Crippen LogP contribution < -0.4 is 5.32 Å². The lowest BCUT2D eigenvalue weighted by atomic mass is 10.1. The Balaban J connectivity index is 2.12. The molecule has 4 nitrogen and oxygen atoms in total. The third-order valence-corrected chi connectivity index (χ3v) is 3.31. The third-order valence-electron chi connectivity index (χ3n) is 2.89. The van der Waals surface area contributed by atoms with E-state index in [1.54, 1.807) is 0 Å². The van der Waals surface area contributed by atoms with E-state index in [-0.39, 0.29) is 6.04 Å². The lowest BCUT2D eigenvalue weighted by molar-refractivity contribution is 0.394. The molecule has 2 rings (SSSR count). The van der Waals surface area contributed by atoms with Crippen LogP contribution in [0.5, 0.6) is 0 Å². The van der Waals surface area contributed by atoms with Crippen molar-refractivity contribution in [1.82, 2.24) is 14.9 Å². The van der Waals surface area contributed by atoms with Gasteiger partial charge in [-0.3, -0.25) is 0 Å². The number of halogens is 1. The molecule has 2 heterocycles. The van der Waals surface area contributed by atoms with Gasteiger partial charge in [-0.2, -0.15) is 0 Å².